The number of benzene rings is 3. The summed E-state index contributed by atoms with van der Waals surface area (Å²) in [4.78, 5) is 36.9. The number of ketones is 1. The number of anilines is 1. The topological polar surface area (TPSA) is 90.9 Å². The van der Waals surface area contributed by atoms with Crippen LogP contribution in [0, 0.1) is 17.5 Å². The number of nitrogens with one attached hydrogen (secondary N) is 1. The third-order valence-corrected chi connectivity index (χ3v) is 4.74. The van der Waals surface area contributed by atoms with Crippen LogP contribution in [0.3, 0.4) is 0 Å². The second kappa shape index (κ2) is 11.2. The van der Waals surface area contributed by atoms with E-state index < -0.39 is 47.8 Å². The summed E-state index contributed by atoms with van der Waals surface area (Å²) in [6.07, 6.45) is -1.27. The molecule has 0 radical (unpaired) electrons. The number of hydrogen-bond donors (Lipinski definition) is 1. The van der Waals surface area contributed by atoms with Gasteiger partial charge in [-0.1, -0.05) is 0 Å². The standard InChI is InChI=1S/C25H20F3NO6/c1-14(24(31)15-3-9-19(27)20(28)11-15)35-25(32)16-4-10-21(22(12-16)33-2)34-13-23(30)29-18-7-5-17(26)6-8-18/h3-12,14H,13H2,1-2H3,(H,29,30)/t14-/m1/s1. The number of carbonyl (C=O) groups excluding carboxylic acids is 3. The summed E-state index contributed by atoms with van der Waals surface area (Å²) in [5, 5.41) is 2.54. The second-order valence-corrected chi connectivity index (χ2v) is 7.25. The predicted octanol–water partition coefficient (Wildman–Crippen LogP) is 4.56. The van der Waals surface area contributed by atoms with Crippen LogP contribution in [0.2, 0.25) is 0 Å². The Hall–Kier alpha value is -4.34. The number of esters is 1. The predicted molar refractivity (Wildman–Crippen MR) is 119 cm³/mol. The Labute approximate surface area is 198 Å². The molecule has 0 unspecified atom stereocenters. The van der Waals surface area contributed by atoms with E-state index in [1.54, 1.807) is 0 Å². The van der Waals surface area contributed by atoms with Crippen LogP contribution in [-0.2, 0) is 9.53 Å². The first-order valence-electron chi connectivity index (χ1n) is 10.2. The van der Waals surface area contributed by atoms with Crippen molar-refractivity contribution in [3.05, 3.63) is 89.2 Å². The van der Waals surface area contributed by atoms with Gasteiger partial charge < -0.3 is 19.5 Å². The van der Waals surface area contributed by atoms with Gasteiger partial charge in [0.25, 0.3) is 5.91 Å². The molecule has 35 heavy (non-hydrogen) atoms. The Balaban J connectivity index is 1.61. The van der Waals surface area contributed by atoms with Gasteiger partial charge >= 0.3 is 5.97 Å². The minimum atomic E-state index is -1.27. The zero-order valence-corrected chi connectivity index (χ0v) is 18.6. The van der Waals surface area contributed by atoms with Crippen LogP contribution in [0.15, 0.2) is 60.7 Å². The molecule has 3 aromatic rings. The Morgan fingerprint density at radius 3 is 2.20 bits per heavy atom. The van der Waals surface area contributed by atoms with Crippen LogP contribution in [0.25, 0.3) is 0 Å². The zero-order chi connectivity index (χ0) is 25.5. The summed E-state index contributed by atoms with van der Waals surface area (Å²) >= 11 is 0. The summed E-state index contributed by atoms with van der Waals surface area (Å²) < 4.78 is 55.2. The van der Waals surface area contributed by atoms with Crippen molar-refractivity contribution in [3.63, 3.8) is 0 Å². The lowest BCUT2D eigenvalue weighted by Crippen LogP contribution is -2.24. The van der Waals surface area contributed by atoms with E-state index in [9.17, 15) is 27.6 Å². The molecule has 0 saturated heterocycles. The van der Waals surface area contributed by atoms with Gasteiger partial charge in [-0.05, 0) is 67.6 Å². The van der Waals surface area contributed by atoms with Gasteiger partial charge in [0.05, 0.1) is 12.7 Å². The second-order valence-electron chi connectivity index (χ2n) is 7.25. The Bertz CT molecular complexity index is 1250. The van der Waals surface area contributed by atoms with Gasteiger partial charge in [-0.2, -0.15) is 0 Å². The van der Waals surface area contributed by atoms with Crippen molar-refractivity contribution >= 4 is 23.3 Å². The number of amides is 1. The summed E-state index contributed by atoms with van der Waals surface area (Å²) in [6, 6.07) is 11.8. The number of Topliss-reactive ketones (excluding diaryl/α,β-unsaturated/α-hetero) is 1. The van der Waals surface area contributed by atoms with Crippen molar-refractivity contribution in [2.24, 2.45) is 0 Å². The molecule has 0 fully saturated rings. The first kappa shape index (κ1) is 25.3. The highest BCUT2D eigenvalue weighted by Crippen LogP contribution is 2.28. The van der Waals surface area contributed by atoms with E-state index in [4.69, 9.17) is 14.2 Å². The molecule has 1 N–H and O–H groups in total. The maximum atomic E-state index is 13.4. The third kappa shape index (κ3) is 6.59. The Kier molecular flexibility index (Phi) is 8.08. The first-order valence-corrected chi connectivity index (χ1v) is 10.2. The van der Waals surface area contributed by atoms with Gasteiger partial charge in [0.2, 0.25) is 5.78 Å². The van der Waals surface area contributed by atoms with Crippen LogP contribution in [0.4, 0.5) is 18.9 Å². The average Bonchev–Trinajstić information content (AvgIpc) is 2.85. The van der Waals surface area contributed by atoms with E-state index in [1.807, 2.05) is 0 Å². The summed E-state index contributed by atoms with van der Waals surface area (Å²) in [5.41, 5.74) is 0.261. The molecular weight excluding hydrogens is 467 g/mol. The monoisotopic (exact) mass is 487 g/mol. The molecule has 0 bridgehead atoms. The average molecular weight is 487 g/mol. The highest BCUT2D eigenvalue weighted by molar-refractivity contribution is 6.01. The van der Waals surface area contributed by atoms with Crippen molar-refractivity contribution in [1.82, 2.24) is 0 Å². The SMILES string of the molecule is COc1cc(C(=O)O[C@H](C)C(=O)c2ccc(F)c(F)c2)ccc1OCC(=O)Nc1ccc(F)cc1. The molecule has 3 rings (SSSR count). The molecule has 3 aromatic carbocycles. The number of methoxy groups -OCH3 is 1. The van der Waals surface area contributed by atoms with Gasteiger partial charge in [0, 0.05) is 11.3 Å². The maximum absolute atomic E-state index is 13.4. The number of halogens is 3. The fourth-order valence-corrected chi connectivity index (χ4v) is 2.95. The molecule has 1 amide bonds. The van der Waals surface area contributed by atoms with Gasteiger partial charge in [0.15, 0.2) is 35.8 Å². The summed E-state index contributed by atoms with van der Waals surface area (Å²) in [5.74, 6) is -4.55. The van der Waals surface area contributed by atoms with Gasteiger partial charge in [0.1, 0.15) is 5.82 Å². The lowest BCUT2D eigenvalue weighted by molar-refractivity contribution is -0.118. The smallest absolute Gasteiger partial charge is 0.338 e. The molecular formula is C25H20F3NO6. The third-order valence-electron chi connectivity index (χ3n) is 4.74. The van der Waals surface area contributed by atoms with Gasteiger partial charge in [-0.3, -0.25) is 9.59 Å². The Morgan fingerprint density at radius 2 is 1.54 bits per heavy atom. The van der Waals surface area contributed by atoms with Crippen LogP contribution >= 0.6 is 0 Å². The summed E-state index contributed by atoms with van der Waals surface area (Å²) in [6.45, 7) is 0.910. The van der Waals surface area contributed by atoms with Crippen molar-refractivity contribution in [1.29, 1.82) is 0 Å². The fraction of sp³-hybridized carbons (Fsp3) is 0.160. The molecule has 10 heteroatoms. The van der Waals surface area contributed by atoms with E-state index in [0.717, 1.165) is 18.2 Å². The van der Waals surface area contributed by atoms with Gasteiger partial charge in [-0.15, -0.1) is 0 Å². The molecule has 7 nitrogen and oxygen atoms in total. The van der Waals surface area contributed by atoms with E-state index in [2.05, 4.69) is 5.32 Å². The Morgan fingerprint density at radius 1 is 0.857 bits per heavy atom. The quantitative estimate of drug-likeness (QED) is 0.352. The summed E-state index contributed by atoms with van der Waals surface area (Å²) in [7, 11) is 1.32. The van der Waals surface area contributed by atoms with E-state index in [0.29, 0.717) is 5.69 Å². The van der Waals surface area contributed by atoms with Crippen LogP contribution in [0.5, 0.6) is 11.5 Å². The molecule has 182 valence electrons. The van der Waals surface area contributed by atoms with Gasteiger partial charge in [-0.25, -0.2) is 18.0 Å². The normalized spacial score (nSPS) is 11.3. The van der Waals surface area contributed by atoms with Crippen molar-refractivity contribution < 1.29 is 41.8 Å². The minimum absolute atomic E-state index is 0.0231. The number of rotatable bonds is 9. The maximum Gasteiger partial charge on any atom is 0.338 e. The molecule has 0 heterocycles. The lowest BCUT2D eigenvalue weighted by atomic mass is 10.1. The van der Waals surface area contributed by atoms with Crippen LogP contribution in [0.1, 0.15) is 27.6 Å². The number of carbonyl (C=O) groups is 3. The molecule has 0 aliphatic rings. The first-order chi connectivity index (χ1) is 16.7. The van der Waals surface area contributed by atoms with E-state index in [1.165, 1.54) is 56.5 Å². The molecule has 1 atom stereocenters. The van der Waals surface area contributed by atoms with Crippen molar-refractivity contribution in [2.45, 2.75) is 13.0 Å². The van der Waals surface area contributed by atoms with Crippen molar-refractivity contribution in [3.8, 4) is 11.5 Å². The molecule has 0 aliphatic carbocycles. The zero-order valence-electron chi connectivity index (χ0n) is 18.6. The molecule has 0 spiro atoms. The molecule has 0 saturated carbocycles. The number of ether oxygens (including phenoxy) is 3. The fourth-order valence-electron chi connectivity index (χ4n) is 2.95. The highest BCUT2D eigenvalue weighted by Gasteiger charge is 2.22. The van der Waals surface area contributed by atoms with Crippen LogP contribution in [-0.4, -0.2) is 37.5 Å². The highest BCUT2D eigenvalue weighted by atomic mass is 19.2. The number of hydrogen-bond acceptors (Lipinski definition) is 6. The van der Waals surface area contributed by atoms with E-state index >= 15 is 0 Å². The largest absolute Gasteiger partial charge is 0.493 e. The molecule has 0 aliphatic heterocycles. The molecule has 0 aromatic heterocycles. The minimum Gasteiger partial charge on any atom is -0.493 e. The van der Waals surface area contributed by atoms with Crippen LogP contribution < -0.4 is 14.8 Å². The lowest BCUT2D eigenvalue weighted by Gasteiger charge is -2.14. The van der Waals surface area contributed by atoms with Crippen molar-refractivity contribution in [2.75, 3.05) is 19.0 Å². The van der Waals surface area contributed by atoms with E-state index in [-0.39, 0.29) is 22.6 Å².